The Balaban J connectivity index is 1.80. The van der Waals surface area contributed by atoms with E-state index in [1.54, 1.807) is 6.07 Å². The summed E-state index contributed by atoms with van der Waals surface area (Å²) in [6, 6.07) is 6.98. The number of nitrogens with one attached hydrogen (secondary N) is 1. The number of aromatic nitrogens is 1. The Labute approximate surface area is 157 Å². The number of hydrogen-bond acceptors (Lipinski definition) is 3. The number of H-pyrrole nitrogens is 1. The fourth-order valence-corrected chi connectivity index (χ4v) is 4.13. The molecule has 0 aliphatic carbocycles. The van der Waals surface area contributed by atoms with Gasteiger partial charge in [-0.25, -0.2) is 17.9 Å². The van der Waals surface area contributed by atoms with E-state index in [-0.39, 0.29) is 12.2 Å². The molecule has 1 aliphatic heterocycles. The van der Waals surface area contributed by atoms with Gasteiger partial charge in [-0.1, -0.05) is 0 Å². The SMILES string of the molecule is NS(=O)(=O)c1ccc(N2CCc3[nH]c4ccc(F)cc4c3C2)c(C(F)(F)F)c1. The highest BCUT2D eigenvalue weighted by Crippen LogP contribution is 2.40. The molecule has 0 saturated heterocycles. The van der Waals surface area contributed by atoms with Crippen molar-refractivity contribution in [1.29, 1.82) is 0 Å². The summed E-state index contributed by atoms with van der Waals surface area (Å²) < 4.78 is 77.3. The van der Waals surface area contributed by atoms with Crippen molar-refractivity contribution in [3.05, 3.63) is 59.0 Å². The fraction of sp³-hybridized carbons (Fsp3) is 0.222. The van der Waals surface area contributed by atoms with Crippen LogP contribution in [0.25, 0.3) is 10.9 Å². The van der Waals surface area contributed by atoms with E-state index >= 15 is 0 Å². The molecule has 4 rings (SSSR count). The van der Waals surface area contributed by atoms with Gasteiger partial charge in [0.05, 0.1) is 10.5 Å². The first-order valence-electron chi connectivity index (χ1n) is 8.32. The van der Waals surface area contributed by atoms with Crippen molar-refractivity contribution in [3.8, 4) is 0 Å². The lowest BCUT2D eigenvalue weighted by atomic mass is 10.0. The zero-order valence-corrected chi connectivity index (χ0v) is 15.2. The zero-order valence-electron chi connectivity index (χ0n) is 14.3. The molecule has 5 nitrogen and oxygen atoms in total. The summed E-state index contributed by atoms with van der Waals surface area (Å²) in [6.45, 7) is 0.427. The van der Waals surface area contributed by atoms with Crippen molar-refractivity contribution in [2.45, 2.75) is 24.0 Å². The van der Waals surface area contributed by atoms with Crippen LogP contribution >= 0.6 is 0 Å². The second-order valence-electron chi connectivity index (χ2n) is 6.67. The number of halogens is 4. The van der Waals surface area contributed by atoms with E-state index in [9.17, 15) is 26.0 Å². The van der Waals surface area contributed by atoms with E-state index in [2.05, 4.69) is 4.98 Å². The first-order valence-corrected chi connectivity index (χ1v) is 9.86. The predicted octanol–water partition coefficient (Wildman–Crippen LogP) is 3.54. The number of nitrogens with two attached hydrogens (primary N) is 1. The summed E-state index contributed by atoms with van der Waals surface area (Å²) in [4.78, 5) is 4.09. The fourth-order valence-electron chi connectivity index (χ4n) is 3.59. The topological polar surface area (TPSA) is 79.2 Å². The van der Waals surface area contributed by atoms with Crippen LogP contribution in [0.15, 0.2) is 41.3 Å². The number of benzene rings is 2. The van der Waals surface area contributed by atoms with Gasteiger partial charge in [-0.15, -0.1) is 0 Å². The van der Waals surface area contributed by atoms with Crippen LogP contribution in [0.1, 0.15) is 16.8 Å². The van der Waals surface area contributed by atoms with Gasteiger partial charge in [0, 0.05) is 47.4 Å². The summed E-state index contributed by atoms with van der Waals surface area (Å²) in [5.41, 5.74) is 1.08. The Morgan fingerprint density at radius 2 is 1.86 bits per heavy atom. The summed E-state index contributed by atoms with van der Waals surface area (Å²) in [5.74, 6) is -0.431. The van der Waals surface area contributed by atoms with Crippen LogP contribution in [-0.4, -0.2) is 19.9 Å². The van der Waals surface area contributed by atoms with Gasteiger partial charge in [0.25, 0.3) is 0 Å². The second-order valence-corrected chi connectivity index (χ2v) is 8.23. The van der Waals surface area contributed by atoms with Crippen molar-refractivity contribution >= 4 is 26.6 Å². The number of sulfonamides is 1. The standard InChI is InChI=1S/C18H15F4N3O2S/c19-10-1-3-15-12(7-10)13-9-25(6-5-16(13)24-15)17-4-2-11(28(23,26)27)8-14(17)18(20,21)22/h1-4,7-8,24H,5-6,9H2,(H2,23,26,27). The number of aromatic amines is 1. The summed E-state index contributed by atoms with van der Waals surface area (Å²) in [6.07, 6.45) is -4.32. The van der Waals surface area contributed by atoms with Crippen LogP contribution < -0.4 is 10.0 Å². The third kappa shape index (κ3) is 3.22. The Kier molecular flexibility index (Phi) is 4.16. The van der Waals surface area contributed by atoms with E-state index in [0.717, 1.165) is 23.4 Å². The molecule has 0 fully saturated rings. The van der Waals surface area contributed by atoms with Crippen LogP contribution in [-0.2, 0) is 29.2 Å². The van der Waals surface area contributed by atoms with Gasteiger partial charge in [-0.05, 0) is 36.4 Å². The van der Waals surface area contributed by atoms with E-state index in [0.29, 0.717) is 29.9 Å². The highest BCUT2D eigenvalue weighted by Gasteiger charge is 2.37. The minimum absolute atomic E-state index is 0.136. The van der Waals surface area contributed by atoms with Crippen molar-refractivity contribution < 1.29 is 26.0 Å². The maximum absolute atomic E-state index is 13.6. The van der Waals surface area contributed by atoms with E-state index < -0.39 is 32.5 Å². The molecule has 2 aromatic carbocycles. The molecule has 0 amide bonds. The third-order valence-corrected chi connectivity index (χ3v) is 5.79. The molecule has 0 bridgehead atoms. The monoisotopic (exact) mass is 413 g/mol. The maximum Gasteiger partial charge on any atom is 0.418 e. The van der Waals surface area contributed by atoms with Gasteiger partial charge < -0.3 is 9.88 Å². The normalized spacial score (nSPS) is 15.1. The smallest absolute Gasteiger partial charge is 0.366 e. The first-order chi connectivity index (χ1) is 13.0. The molecular formula is C18H15F4N3O2S. The molecule has 1 aliphatic rings. The molecule has 10 heteroatoms. The number of primary sulfonamides is 1. The lowest BCUT2D eigenvalue weighted by Gasteiger charge is -2.31. The number of nitrogens with zero attached hydrogens (tertiary/aromatic N) is 1. The van der Waals surface area contributed by atoms with Crippen LogP contribution in [0.3, 0.4) is 0 Å². The minimum atomic E-state index is -4.76. The summed E-state index contributed by atoms with van der Waals surface area (Å²) in [5, 5.41) is 5.59. The van der Waals surface area contributed by atoms with Gasteiger partial charge in [-0.3, -0.25) is 0 Å². The van der Waals surface area contributed by atoms with E-state index in [1.807, 2.05) is 0 Å². The second kappa shape index (κ2) is 6.21. The van der Waals surface area contributed by atoms with Crippen LogP contribution in [0, 0.1) is 5.82 Å². The largest absolute Gasteiger partial charge is 0.418 e. The third-order valence-electron chi connectivity index (χ3n) is 4.88. The average molecular weight is 413 g/mol. The Bertz CT molecular complexity index is 1190. The Morgan fingerprint density at radius 1 is 1.11 bits per heavy atom. The van der Waals surface area contributed by atoms with Crippen LogP contribution in [0.2, 0.25) is 0 Å². The molecule has 3 aromatic rings. The van der Waals surface area contributed by atoms with Gasteiger partial charge >= 0.3 is 6.18 Å². The Morgan fingerprint density at radius 3 is 2.54 bits per heavy atom. The highest BCUT2D eigenvalue weighted by atomic mass is 32.2. The molecule has 3 N–H and O–H groups in total. The van der Waals surface area contributed by atoms with E-state index in [4.69, 9.17) is 5.14 Å². The quantitative estimate of drug-likeness (QED) is 0.631. The number of anilines is 1. The van der Waals surface area contributed by atoms with Crippen molar-refractivity contribution in [2.24, 2.45) is 5.14 Å². The molecular weight excluding hydrogens is 398 g/mol. The first kappa shape index (κ1) is 18.8. The molecule has 0 radical (unpaired) electrons. The minimum Gasteiger partial charge on any atom is -0.366 e. The number of fused-ring (bicyclic) bond motifs is 3. The van der Waals surface area contributed by atoms with Crippen molar-refractivity contribution in [3.63, 3.8) is 0 Å². The Hall–Kier alpha value is -2.59. The molecule has 28 heavy (non-hydrogen) atoms. The predicted molar refractivity (Wildman–Crippen MR) is 95.8 cm³/mol. The maximum atomic E-state index is 13.6. The van der Waals surface area contributed by atoms with Crippen LogP contribution in [0.4, 0.5) is 23.2 Å². The van der Waals surface area contributed by atoms with E-state index in [1.165, 1.54) is 17.0 Å². The number of alkyl halides is 3. The molecule has 148 valence electrons. The number of hydrogen-bond donors (Lipinski definition) is 2. The lowest BCUT2D eigenvalue weighted by molar-refractivity contribution is -0.137. The molecule has 2 heterocycles. The molecule has 0 spiro atoms. The molecule has 0 atom stereocenters. The lowest BCUT2D eigenvalue weighted by Crippen LogP contribution is -2.32. The summed E-state index contributed by atoms with van der Waals surface area (Å²) >= 11 is 0. The van der Waals surface area contributed by atoms with Crippen LogP contribution in [0.5, 0.6) is 0 Å². The van der Waals surface area contributed by atoms with Gasteiger partial charge in [0.1, 0.15) is 5.82 Å². The van der Waals surface area contributed by atoms with Gasteiger partial charge in [0.2, 0.25) is 10.0 Å². The molecule has 1 aromatic heterocycles. The van der Waals surface area contributed by atoms with Crippen molar-refractivity contribution in [2.75, 3.05) is 11.4 Å². The average Bonchev–Trinajstić information content (AvgIpc) is 2.97. The highest BCUT2D eigenvalue weighted by molar-refractivity contribution is 7.89. The van der Waals surface area contributed by atoms with Gasteiger partial charge in [0.15, 0.2) is 0 Å². The summed E-state index contributed by atoms with van der Waals surface area (Å²) in [7, 11) is -4.27. The number of rotatable bonds is 2. The van der Waals surface area contributed by atoms with Crippen molar-refractivity contribution in [1.82, 2.24) is 4.98 Å². The molecule has 0 saturated carbocycles. The van der Waals surface area contributed by atoms with Gasteiger partial charge in [-0.2, -0.15) is 13.2 Å². The molecule has 0 unspecified atom stereocenters. The zero-order chi connectivity index (χ0) is 20.3.